The molecule has 30 heavy (non-hydrogen) atoms. The van der Waals surface area contributed by atoms with Gasteiger partial charge in [0.1, 0.15) is 5.75 Å². The van der Waals surface area contributed by atoms with Crippen LogP contribution in [0.5, 0.6) is 5.75 Å². The fourth-order valence-electron chi connectivity index (χ4n) is 3.66. The molecule has 3 rings (SSSR count). The van der Waals surface area contributed by atoms with Gasteiger partial charge in [-0.15, -0.1) is 0 Å². The van der Waals surface area contributed by atoms with Crippen LogP contribution in [0, 0.1) is 0 Å². The summed E-state index contributed by atoms with van der Waals surface area (Å²) in [7, 11) is 0. The van der Waals surface area contributed by atoms with E-state index in [0.717, 1.165) is 54.0 Å². The van der Waals surface area contributed by atoms with Crippen molar-refractivity contribution in [1.29, 1.82) is 0 Å². The van der Waals surface area contributed by atoms with E-state index in [9.17, 15) is 4.79 Å². The number of nitrogens with one attached hydrogen (secondary N) is 2. The highest BCUT2D eigenvalue weighted by atomic mass is 16.5. The van der Waals surface area contributed by atoms with Gasteiger partial charge >= 0.3 is 0 Å². The number of fused-ring (bicyclic) bond motifs is 1. The molecule has 0 saturated carbocycles. The first-order chi connectivity index (χ1) is 14.7. The van der Waals surface area contributed by atoms with Gasteiger partial charge in [-0.2, -0.15) is 0 Å². The van der Waals surface area contributed by atoms with Gasteiger partial charge in [-0.05, 0) is 45.0 Å². The number of benzene rings is 2. The molecular weight excluding hydrogens is 374 g/mol. The minimum atomic E-state index is -0.0506. The van der Waals surface area contributed by atoms with Crippen molar-refractivity contribution in [1.82, 2.24) is 10.3 Å². The number of carbonyl (C=O) groups excluding carboxylic acids is 1. The number of ether oxygens (including phenoxy) is 1. The third-order valence-corrected chi connectivity index (χ3v) is 5.39. The minimum absolute atomic E-state index is 0.0506. The van der Waals surface area contributed by atoms with E-state index in [2.05, 4.69) is 19.2 Å². The first-order valence-electron chi connectivity index (χ1n) is 10.9. The number of quaternary nitrogens is 1. The number of aromatic nitrogens is 1. The highest BCUT2D eigenvalue weighted by Crippen LogP contribution is 2.27. The Kier molecular flexibility index (Phi) is 7.80. The molecule has 0 bridgehead atoms. The molecule has 1 heterocycles. The van der Waals surface area contributed by atoms with Crippen molar-refractivity contribution in [3.05, 3.63) is 60.2 Å². The highest BCUT2D eigenvalue weighted by Gasteiger charge is 2.14. The van der Waals surface area contributed by atoms with Crippen LogP contribution in [-0.4, -0.2) is 43.7 Å². The lowest BCUT2D eigenvalue weighted by atomic mass is 10.0. The standard InChI is InChI=1S/C25H31N3O2/c1-4-28(5-2)16-10-15-26-25(29)22-18-24(27-23-14-8-7-13-21(22)23)19-11-9-12-20(17-19)30-6-3/h7-9,11-14,17-18H,4-6,10,15-16H2,1-3H3,(H,26,29)/p+1. The van der Waals surface area contributed by atoms with Gasteiger partial charge < -0.3 is 15.0 Å². The Morgan fingerprint density at radius 2 is 1.83 bits per heavy atom. The molecule has 1 aromatic heterocycles. The molecule has 0 fully saturated rings. The maximum Gasteiger partial charge on any atom is 0.252 e. The van der Waals surface area contributed by atoms with Crippen molar-refractivity contribution in [2.75, 3.05) is 32.8 Å². The summed E-state index contributed by atoms with van der Waals surface area (Å²) in [6.07, 6.45) is 0.967. The lowest BCUT2D eigenvalue weighted by molar-refractivity contribution is -0.896. The Morgan fingerprint density at radius 1 is 1.03 bits per heavy atom. The average Bonchev–Trinajstić information content (AvgIpc) is 2.78. The number of pyridine rings is 1. The van der Waals surface area contributed by atoms with E-state index in [1.807, 2.05) is 61.5 Å². The molecule has 0 aliphatic heterocycles. The molecule has 1 amide bonds. The summed E-state index contributed by atoms with van der Waals surface area (Å²) in [6.45, 7) is 10.9. The van der Waals surface area contributed by atoms with Crippen molar-refractivity contribution in [3.8, 4) is 17.0 Å². The molecule has 0 unspecified atom stereocenters. The molecule has 0 atom stereocenters. The summed E-state index contributed by atoms with van der Waals surface area (Å²) >= 11 is 0. The predicted octanol–water partition coefficient (Wildman–Crippen LogP) is 3.35. The van der Waals surface area contributed by atoms with E-state index in [0.29, 0.717) is 18.7 Å². The van der Waals surface area contributed by atoms with Crippen LogP contribution < -0.4 is 15.0 Å². The van der Waals surface area contributed by atoms with Gasteiger partial charge in [-0.25, -0.2) is 4.98 Å². The summed E-state index contributed by atoms with van der Waals surface area (Å²) in [6, 6.07) is 17.5. The van der Waals surface area contributed by atoms with Gasteiger partial charge in [0, 0.05) is 23.9 Å². The van der Waals surface area contributed by atoms with Crippen LogP contribution in [0.2, 0.25) is 0 Å². The molecule has 0 aliphatic rings. The lowest BCUT2D eigenvalue weighted by Gasteiger charge is -2.15. The molecule has 0 spiro atoms. The SMILES string of the molecule is CCOc1cccc(-c2cc(C(=O)NCCC[NH+](CC)CC)c3ccccc3n2)c1. The van der Waals surface area contributed by atoms with Crippen LogP contribution in [0.15, 0.2) is 54.6 Å². The topological polar surface area (TPSA) is 55.7 Å². The summed E-state index contributed by atoms with van der Waals surface area (Å²) in [5, 5.41) is 3.97. The van der Waals surface area contributed by atoms with E-state index >= 15 is 0 Å². The third kappa shape index (κ3) is 5.36. The number of amides is 1. The Balaban J connectivity index is 1.85. The number of rotatable bonds is 10. The van der Waals surface area contributed by atoms with Crippen molar-refractivity contribution >= 4 is 16.8 Å². The molecule has 0 aliphatic carbocycles. The van der Waals surface area contributed by atoms with Crippen molar-refractivity contribution < 1.29 is 14.4 Å². The fraction of sp³-hybridized carbons (Fsp3) is 0.360. The Labute approximate surface area is 179 Å². The molecular formula is C25H32N3O2+. The van der Waals surface area contributed by atoms with Gasteiger partial charge in [0.15, 0.2) is 0 Å². The maximum absolute atomic E-state index is 13.0. The van der Waals surface area contributed by atoms with Crippen LogP contribution in [0.3, 0.4) is 0 Å². The van der Waals surface area contributed by atoms with Gasteiger partial charge in [0.25, 0.3) is 5.91 Å². The Hall–Kier alpha value is -2.92. The molecule has 0 radical (unpaired) electrons. The highest BCUT2D eigenvalue weighted by molar-refractivity contribution is 6.07. The van der Waals surface area contributed by atoms with E-state index in [1.54, 1.807) is 4.90 Å². The van der Waals surface area contributed by atoms with Crippen molar-refractivity contribution in [2.24, 2.45) is 0 Å². The zero-order valence-corrected chi connectivity index (χ0v) is 18.2. The smallest absolute Gasteiger partial charge is 0.252 e. The van der Waals surface area contributed by atoms with E-state index < -0.39 is 0 Å². The fourth-order valence-corrected chi connectivity index (χ4v) is 3.66. The molecule has 5 nitrogen and oxygen atoms in total. The number of para-hydroxylation sites is 1. The first kappa shape index (κ1) is 21.8. The molecule has 158 valence electrons. The van der Waals surface area contributed by atoms with E-state index in [4.69, 9.17) is 9.72 Å². The number of hydrogen-bond acceptors (Lipinski definition) is 3. The van der Waals surface area contributed by atoms with Crippen molar-refractivity contribution in [2.45, 2.75) is 27.2 Å². The molecule has 2 aromatic carbocycles. The van der Waals surface area contributed by atoms with Crippen LogP contribution in [0.1, 0.15) is 37.6 Å². The third-order valence-electron chi connectivity index (χ3n) is 5.39. The number of hydrogen-bond donors (Lipinski definition) is 2. The van der Waals surface area contributed by atoms with Crippen LogP contribution >= 0.6 is 0 Å². The van der Waals surface area contributed by atoms with Gasteiger partial charge in [0.05, 0.1) is 43.0 Å². The lowest BCUT2D eigenvalue weighted by Crippen LogP contribution is -3.11. The second kappa shape index (κ2) is 10.7. The van der Waals surface area contributed by atoms with Gasteiger partial charge in [0.2, 0.25) is 0 Å². The maximum atomic E-state index is 13.0. The zero-order chi connectivity index (χ0) is 21.3. The normalized spacial score (nSPS) is 11.1. The number of carbonyl (C=O) groups is 1. The van der Waals surface area contributed by atoms with E-state index in [1.165, 1.54) is 0 Å². The van der Waals surface area contributed by atoms with Crippen LogP contribution in [-0.2, 0) is 0 Å². The second-order valence-corrected chi connectivity index (χ2v) is 7.35. The molecule has 0 saturated heterocycles. The molecule has 5 heteroatoms. The molecule has 3 aromatic rings. The summed E-state index contributed by atoms with van der Waals surface area (Å²) in [5.41, 5.74) is 3.18. The summed E-state index contributed by atoms with van der Waals surface area (Å²) in [5.74, 6) is 0.750. The first-order valence-corrected chi connectivity index (χ1v) is 10.9. The van der Waals surface area contributed by atoms with Crippen LogP contribution in [0.4, 0.5) is 0 Å². The summed E-state index contributed by atoms with van der Waals surface area (Å²) < 4.78 is 5.63. The minimum Gasteiger partial charge on any atom is -0.494 e. The predicted molar refractivity (Wildman–Crippen MR) is 122 cm³/mol. The number of nitrogens with zero attached hydrogens (tertiary/aromatic N) is 1. The monoisotopic (exact) mass is 406 g/mol. The average molecular weight is 407 g/mol. The quantitative estimate of drug-likeness (QED) is 0.508. The van der Waals surface area contributed by atoms with Gasteiger partial charge in [-0.1, -0.05) is 30.3 Å². The van der Waals surface area contributed by atoms with Crippen molar-refractivity contribution in [3.63, 3.8) is 0 Å². The van der Waals surface area contributed by atoms with E-state index in [-0.39, 0.29) is 5.91 Å². The van der Waals surface area contributed by atoms with Gasteiger partial charge in [-0.3, -0.25) is 4.79 Å². The largest absolute Gasteiger partial charge is 0.494 e. The zero-order valence-electron chi connectivity index (χ0n) is 18.2. The Bertz CT molecular complexity index is 983. The molecule has 2 N–H and O–H groups in total. The Morgan fingerprint density at radius 3 is 2.60 bits per heavy atom. The second-order valence-electron chi connectivity index (χ2n) is 7.35. The summed E-state index contributed by atoms with van der Waals surface area (Å²) in [4.78, 5) is 19.4. The van der Waals surface area contributed by atoms with Crippen LogP contribution in [0.25, 0.3) is 22.2 Å².